The molecule has 0 fully saturated rings. The summed E-state index contributed by atoms with van der Waals surface area (Å²) in [5, 5.41) is 23.3. The number of halogens is 2. The standard InChI is InChI=1S/C30H26Cl2N2O6/c1-16(35)19-4-2-3-17(11-19)12-24(30(38)39)33-28(36)26-23(31)13-21-15-34(9-7-22(21)27(26)32)29(37)20-6-5-18-8-10-40-25(18)14-20/h2-6,8,10-11,13-14,16,24,35H,7,9,12,15H2,1H3,(H,33,36)(H,38,39). The highest BCUT2D eigenvalue weighted by molar-refractivity contribution is 6.40. The quantitative estimate of drug-likeness (QED) is 0.268. The maximum atomic E-state index is 13.2. The van der Waals surface area contributed by atoms with Crippen molar-refractivity contribution < 1.29 is 29.0 Å². The van der Waals surface area contributed by atoms with Gasteiger partial charge in [0, 0.05) is 30.5 Å². The smallest absolute Gasteiger partial charge is 0.326 e. The normalized spacial score (nSPS) is 14.4. The van der Waals surface area contributed by atoms with Crippen LogP contribution in [0.1, 0.15) is 56.0 Å². The van der Waals surface area contributed by atoms with E-state index in [-0.39, 0.29) is 34.5 Å². The minimum Gasteiger partial charge on any atom is -0.480 e. The topological polar surface area (TPSA) is 120 Å². The second-order valence-corrected chi connectivity index (χ2v) is 10.6. The summed E-state index contributed by atoms with van der Waals surface area (Å²) in [5.74, 6) is -2.09. The number of aliphatic carboxylic acids is 1. The number of nitrogens with one attached hydrogen (secondary N) is 1. The number of carboxylic acids is 1. The van der Waals surface area contributed by atoms with Crippen LogP contribution < -0.4 is 5.32 Å². The van der Waals surface area contributed by atoms with Crippen molar-refractivity contribution >= 4 is 52.0 Å². The first-order valence-corrected chi connectivity index (χ1v) is 13.4. The summed E-state index contributed by atoms with van der Waals surface area (Å²) in [6, 6.07) is 14.4. The Morgan fingerprint density at radius 3 is 2.65 bits per heavy atom. The average Bonchev–Trinajstić information content (AvgIpc) is 3.40. The molecule has 3 N–H and O–H groups in total. The average molecular weight is 581 g/mol. The summed E-state index contributed by atoms with van der Waals surface area (Å²) in [4.78, 5) is 40.1. The lowest BCUT2D eigenvalue weighted by Gasteiger charge is -2.30. The van der Waals surface area contributed by atoms with Gasteiger partial charge < -0.3 is 24.8 Å². The van der Waals surface area contributed by atoms with Crippen LogP contribution in [0.5, 0.6) is 0 Å². The van der Waals surface area contributed by atoms with Gasteiger partial charge in [-0.05, 0) is 59.9 Å². The van der Waals surface area contributed by atoms with E-state index >= 15 is 0 Å². The summed E-state index contributed by atoms with van der Waals surface area (Å²) in [6.45, 7) is 2.25. The molecule has 206 valence electrons. The van der Waals surface area contributed by atoms with Gasteiger partial charge in [-0.15, -0.1) is 0 Å². The van der Waals surface area contributed by atoms with E-state index in [4.69, 9.17) is 27.6 Å². The molecule has 40 heavy (non-hydrogen) atoms. The number of benzene rings is 3. The predicted octanol–water partition coefficient (Wildman–Crippen LogP) is 5.42. The third-order valence-corrected chi connectivity index (χ3v) is 7.81. The second-order valence-electron chi connectivity index (χ2n) is 9.82. The van der Waals surface area contributed by atoms with Gasteiger partial charge in [0.15, 0.2) is 0 Å². The molecule has 3 aromatic carbocycles. The van der Waals surface area contributed by atoms with Crippen molar-refractivity contribution in [3.63, 3.8) is 0 Å². The lowest BCUT2D eigenvalue weighted by molar-refractivity contribution is -0.139. The van der Waals surface area contributed by atoms with Gasteiger partial charge in [0.2, 0.25) is 0 Å². The Labute approximate surface area is 240 Å². The van der Waals surface area contributed by atoms with E-state index in [9.17, 15) is 24.6 Å². The molecule has 1 aliphatic rings. The van der Waals surface area contributed by atoms with Gasteiger partial charge in [-0.25, -0.2) is 4.79 Å². The molecular weight excluding hydrogens is 555 g/mol. The Kier molecular flexibility index (Phi) is 7.85. The molecule has 0 aliphatic carbocycles. The Balaban J connectivity index is 1.34. The number of hydrogen-bond donors (Lipinski definition) is 3. The summed E-state index contributed by atoms with van der Waals surface area (Å²) in [7, 11) is 0. The van der Waals surface area contributed by atoms with Crippen molar-refractivity contribution in [2.45, 2.75) is 38.5 Å². The van der Waals surface area contributed by atoms with E-state index in [0.29, 0.717) is 40.8 Å². The number of amides is 2. The first-order chi connectivity index (χ1) is 19.1. The molecule has 0 radical (unpaired) electrons. The van der Waals surface area contributed by atoms with Crippen LogP contribution in [-0.2, 0) is 24.2 Å². The van der Waals surface area contributed by atoms with E-state index in [1.807, 2.05) is 12.1 Å². The molecule has 8 nitrogen and oxygen atoms in total. The van der Waals surface area contributed by atoms with Crippen LogP contribution in [0.2, 0.25) is 10.0 Å². The molecule has 10 heteroatoms. The summed E-state index contributed by atoms with van der Waals surface area (Å²) < 4.78 is 5.42. The van der Waals surface area contributed by atoms with Crippen LogP contribution in [0.15, 0.2) is 65.3 Å². The molecule has 5 rings (SSSR count). The van der Waals surface area contributed by atoms with E-state index in [0.717, 1.165) is 10.9 Å². The first kappa shape index (κ1) is 27.7. The van der Waals surface area contributed by atoms with Gasteiger partial charge in [0.1, 0.15) is 11.6 Å². The number of carbonyl (C=O) groups is 3. The number of rotatable bonds is 7. The Morgan fingerprint density at radius 2 is 1.90 bits per heavy atom. The van der Waals surface area contributed by atoms with Crippen LogP contribution in [0.25, 0.3) is 11.0 Å². The molecule has 2 atom stereocenters. The number of carboxylic acid groups (broad SMARTS) is 1. The Hall–Kier alpha value is -3.85. The molecule has 1 aromatic heterocycles. The predicted molar refractivity (Wildman–Crippen MR) is 151 cm³/mol. The third kappa shape index (κ3) is 5.56. The number of fused-ring (bicyclic) bond motifs is 2. The number of nitrogens with zero attached hydrogens (tertiary/aromatic N) is 1. The fourth-order valence-corrected chi connectivity index (χ4v) is 5.71. The summed E-state index contributed by atoms with van der Waals surface area (Å²) >= 11 is 13.2. The zero-order chi connectivity index (χ0) is 28.6. The van der Waals surface area contributed by atoms with Gasteiger partial charge in [0.25, 0.3) is 11.8 Å². The van der Waals surface area contributed by atoms with E-state index in [1.54, 1.807) is 60.6 Å². The highest BCUT2D eigenvalue weighted by Crippen LogP contribution is 2.35. The second kappa shape index (κ2) is 11.3. The lowest BCUT2D eigenvalue weighted by Crippen LogP contribution is -2.42. The van der Waals surface area contributed by atoms with E-state index in [2.05, 4.69) is 5.32 Å². The van der Waals surface area contributed by atoms with Gasteiger partial charge in [-0.3, -0.25) is 9.59 Å². The lowest BCUT2D eigenvalue weighted by atomic mass is 9.95. The molecule has 2 amide bonds. The maximum absolute atomic E-state index is 13.2. The van der Waals surface area contributed by atoms with E-state index in [1.165, 1.54) is 0 Å². The number of furan rings is 1. The fourth-order valence-electron chi connectivity index (χ4n) is 4.95. The largest absolute Gasteiger partial charge is 0.480 e. The van der Waals surface area contributed by atoms with Crippen LogP contribution in [0.4, 0.5) is 0 Å². The number of carbonyl (C=O) groups excluding carboxylic acids is 2. The van der Waals surface area contributed by atoms with Crippen molar-refractivity contribution in [3.05, 3.63) is 104 Å². The Morgan fingerprint density at radius 1 is 1.10 bits per heavy atom. The molecular formula is C30H26Cl2N2O6. The number of aliphatic hydroxyl groups is 1. The van der Waals surface area contributed by atoms with Crippen LogP contribution in [0.3, 0.4) is 0 Å². The number of hydrogen-bond acceptors (Lipinski definition) is 5. The van der Waals surface area contributed by atoms with Crippen LogP contribution in [0, 0.1) is 0 Å². The van der Waals surface area contributed by atoms with Crippen LogP contribution >= 0.6 is 23.2 Å². The zero-order valence-corrected chi connectivity index (χ0v) is 23.0. The van der Waals surface area contributed by atoms with Crippen LogP contribution in [-0.4, -0.2) is 45.5 Å². The number of aliphatic hydroxyl groups excluding tert-OH is 1. The van der Waals surface area contributed by atoms with Gasteiger partial charge in [-0.2, -0.15) is 0 Å². The van der Waals surface area contributed by atoms with E-state index < -0.39 is 24.0 Å². The SMILES string of the molecule is CC(O)c1cccc(CC(NC(=O)c2c(Cl)cc3c(c2Cl)CCN(C(=O)c2ccc4ccoc4c2)C3)C(=O)O)c1. The van der Waals surface area contributed by atoms with Crippen molar-refractivity contribution in [3.8, 4) is 0 Å². The zero-order valence-electron chi connectivity index (χ0n) is 21.5. The van der Waals surface area contributed by atoms with Gasteiger partial charge in [-0.1, -0.05) is 53.5 Å². The molecule has 0 saturated carbocycles. The highest BCUT2D eigenvalue weighted by Gasteiger charge is 2.30. The van der Waals surface area contributed by atoms with Crippen molar-refractivity contribution in [1.29, 1.82) is 0 Å². The van der Waals surface area contributed by atoms with Crippen molar-refractivity contribution in [1.82, 2.24) is 10.2 Å². The molecule has 4 aromatic rings. The van der Waals surface area contributed by atoms with Crippen molar-refractivity contribution in [2.75, 3.05) is 6.54 Å². The van der Waals surface area contributed by atoms with Crippen molar-refractivity contribution in [2.24, 2.45) is 0 Å². The summed E-state index contributed by atoms with van der Waals surface area (Å²) in [6.07, 6.45) is 1.26. The maximum Gasteiger partial charge on any atom is 0.326 e. The molecule has 0 saturated heterocycles. The molecule has 2 unspecified atom stereocenters. The van der Waals surface area contributed by atoms with Gasteiger partial charge >= 0.3 is 5.97 Å². The molecule has 2 heterocycles. The minimum absolute atomic E-state index is 0.00266. The Bertz CT molecular complexity index is 1630. The molecule has 0 spiro atoms. The molecule has 0 bridgehead atoms. The minimum atomic E-state index is -1.25. The fraction of sp³-hybridized carbons (Fsp3) is 0.233. The summed E-state index contributed by atoms with van der Waals surface area (Å²) in [5.41, 5.74) is 3.81. The third-order valence-electron chi connectivity index (χ3n) is 7.10. The monoisotopic (exact) mass is 580 g/mol. The molecule has 1 aliphatic heterocycles. The highest BCUT2D eigenvalue weighted by atomic mass is 35.5. The first-order valence-electron chi connectivity index (χ1n) is 12.7. The van der Waals surface area contributed by atoms with Gasteiger partial charge in [0.05, 0.1) is 28.0 Å².